The van der Waals surface area contributed by atoms with Crippen LogP contribution < -0.4 is 5.32 Å². The predicted molar refractivity (Wildman–Crippen MR) is 107 cm³/mol. The molecule has 0 spiro atoms. The Bertz CT molecular complexity index is 1020. The highest BCUT2D eigenvalue weighted by Crippen LogP contribution is 2.31. The van der Waals surface area contributed by atoms with Gasteiger partial charge < -0.3 is 14.6 Å². The number of furan rings is 1. The van der Waals surface area contributed by atoms with E-state index in [1.165, 1.54) is 0 Å². The lowest BCUT2D eigenvalue weighted by atomic mass is 10.0. The first kappa shape index (κ1) is 18.5. The van der Waals surface area contributed by atoms with E-state index in [2.05, 4.69) is 10.3 Å². The molecule has 7 heteroatoms. The SMILES string of the molecule is Cc1c(C(=O)N2CCC(NC(=O)c3cccnc3)CC2)oc2c(Cl)cccc12. The Morgan fingerprint density at radius 2 is 2.00 bits per heavy atom. The van der Waals surface area contributed by atoms with Gasteiger partial charge in [-0.15, -0.1) is 0 Å². The fourth-order valence-electron chi connectivity index (χ4n) is 3.55. The van der Waals surface area contributed by atoms with Crippen molar-refractivity contribution in [2.45, 2.75) is 25.8 Å². The van der Waals surface area contributed by atoms with Gasteiger partial charge in [0.05, 0.1) is 10.6 Å². The predicted octanol–water partition coefficient (Wildman–Crippen LogP) is 3.82. The molecule has 28 heavy (non-hydrogen) atoms. The number of aromatic nitrogens is 1. The number of nitrogens with zero attached hydrogens (tertiary/aromatic N) is 2. The van der Waals surface area contributed by atoms with Gasteiger partial charge in [0.15, 0.2) is 11.3 Å². The van der Waals surface area contributed by atoms with Crippen LogP contribution in [0.15, 0.2) is 47.1 Å². The van der Waals surface area contributed by atoms with Crippen LogP contribution in [0.1, 0.15) is 39.3 Å². The molecule has 2 amide bonds. The summed E-state index contributed by atoms with van der Waals surface area (Å²) < 4.78 is 5.79. The van der Waals surface area contributed by atoms with E-state index >= 15 is 0 Å². The van der Waals surface area contributed by atoms with Crippen LogP contribution in [0.4, 0.5) is 0 Å². The number of benzene rings is 1. The zero-order chi connectivity index (χ0) is 19.7. The van der Waals surface area contributed by atoms with E-state index in [0.717, 1.165) is 10.9 Å². The molecule has 1 aromatic carbocycles. The third kappa shape index (κ3) is 3.47. The molecular formula is C21H20ClN3O3. The van der Waals surface area contributed by atoms with Gasteiger partial charge in [-0.2, -0.15) is 0 Å². The van der Waals surface area contributed by atoms with Gasteiger partial charge in [-0.25, -0.2) is 0 Å². The highest BCUT2D eigenvalue weighted by atomic mass is 35.5. The highest BCUT2D eigenvalue weighted by molar-refractivity contribution is 6.35. The van der Waals surface area contributed by atoms with Gasteiger partial charge in [0.25, 0.3) is 11.8 Å². The number of nitrogens with one attached hydrogen (secondary N) is 1. The van der Waals surface area contributed by atoms with Crippen molar-refractivity contribution in [1.82, 2.24) is 15.2 Å². The number of piperidine rings is 1. The Balaban J connectivity index is 1.41. The molecule has 0 radical (unpaired) electrons. The van der Waals surface area contributed by atoms with Gasteiger partial charge in [0.2, 0.25) is 0 Å². The van der Waals surface area contributed by atoms with Crippen LogP contribution in [0, 0.1) is 6.92 Å². The number of pyridine rings is 1. The van der Waals surface area contributed by atoms with Crippen molar-refractivity contribution in [3.05, 3.63) is 64.6 Å². The maximum Gasteiger partial charge on any atom is 0.289 e. The number of rotatable bonds is 3. The molecule has 1 fully saturated rings. The second-order valence-electron chi connectivity index (χ2n) is 6.95. The summed E-state index contributed by atoms with van der Waals surface area (Å²) in [6.07, 6.45) is 4.56. The summed E-state index contributed by atoms with van der Waals surface area (Å²) in [4.78, 5) is 30.9. The largest absolute Gasteiger partial charge is 0.449 e. The molecule has 0 unspecified atom stereocenters. The van der Waals surface area contributed by atoms with Crippen LogP contribution in [-0.2, 0) is 0 Å². The van der Waals surface area contributed by atoms with Crippen molar-refractivity contribution in [3.8, 4) is 0 Å². The molecule has 144 valence electrons. The van der Waals surface area contributed by atoms with Crippen LogP contribution in [0.25, 0.3) is 11.0 Å². The molecule has 1 aliphatic rings. The van der Waals surface area contributed by atoms with Crippen molar-refractivity contribution in [2.75, 3.05) is 13.1 Å². The smallest absolute Gasteiger partial charge is 0.289 e. The molecule has 1 saturated heterocycles. The van der Waals surface area contributed by atoms with E-state index in [1.54, 1.807) is 35.5 Å². The Morgan fingerprint density at radius 1 is 1.21 bits per heavy atom. The van der Waals surface area contributed by atoms with Gasteiger partial charge >= 0.3 is 0 Å². The summed E-state index contributed by atoms with van der Waals surface area (Å²) in [5.41, 5.74) is 1.88. The monoisotopic (exact) mass is 397 g/mol. The van der Waals surface area contributed by atoms with Crippen LogP contribution in [0.5, 0.6) is 0 Å². The molecule has 0 atom stereocenters. The minimum Gasteiger partial charge on any atom is -0.449 e. The number of aryl methyl sites for hydroxylation is 1. The van der Waals surface area contributed by atoms with Crippen LogP contribution in [-0.4, -0.2) is 40.8 Å². The first-order chi connectivity index (χ1) is 13.5. The molecule has 3 heterocycles. The highest BCUT2D eigenvalue weighted by Gasteiger charge is 2.28. The quantitative estimate of drug-likeness (QED) is 0.728. The van der Waals surface area contributed by atoms with Crippen molar-refractivity contribution in [2.24, 2.45) is 0 Å². The topological polar surface area (TPSA) is 75.4 Å². The van der Waals surface area contributed by atoms with Gasteiger partial charge in [-0.05, 0) is 38.0 Å². The Labute approximate surface area is 167 Å². The molecule has 6 nitrogen and oxygen atoms in total. The summed E-state index contributed by atoms with van der Waals surface area (Å²) >= 11 is 6.19. The van der Waals surface area contributed by atoms with Crippen LogP contribution in [0.3, 0.4) is 0 Å². The third-order valence-electron chi connectivity index (χ3n) is 5.15. The number of likely N-dealkylation sites (tertiary alicyclic amines) is 1. The standard InChI is InChI=1S/C21H20ClN3O3/c1-13-16-5-2-6-17(22)19(16)28-18(13)21(27)25-10-7-15(8-11-25)24-20(26)14-4-3-9-23-12-14/h2-6,9,12,15H,7-8,10-11H2,1H3,(H,24,26). The average Bonchev–Trinajstić information content (AvgIpc) is 3.07. The van der Waals surface area contributed by atoms with E-state index in [-0.39, 0.29) is 17.9 Å². The molecule has 1 aliphatic heterocycles. The zero-order valence-electron chi connectivity index (χ0n) is 15.4. The number of hydrogen-bond donors (Lipinski definition) is 1. The molecule has 4 rings (SSSR count). The van der Waals surface area contributed by atoms with Gasteiger partial charge in [-0.1, -0.05) is 23.7 Å². The summed E-state index contributed by atoms with van der Waals surface area (Å²) in [5.74, 6) is 0.0587. The second kappa shape index (κ2) is 7.64. The average molecular weight is 398 g/mol. The van der Waals surface area contributed by atoms with E-state index in [0.29, 0.717) is 47.9 Å². The van der Waals surface area contributed by atoms with Gasteiger partial charge in [-0.3, -0.25) is 14.6 Å². The first-order valence-corrected chi connectivity index (χ1v) is 9.60. The lowest BCUT2D eigenvalue weighted by molar-refractivity contribution is 0.0668. The number of carbonyl (C=O) groups is 2. The minimum atomic E-state index is -0.138. The number of amides is 2. The van der Waals surface area contributed by atoms with E-state index < -0.39 is 0 Å². The van der Waals surface area contributed by atoms with E-state index in [1.807, 2.05) is 19.1 Å². The number of para-hydroxylation sites is 1. The third-order valence-corrected chi connectivity index (χ3v) is 5.45. The summed E-state index contributed by atoms with van der Waals surface area (Å²) in [5, 5.41) is 4.37. The normalized spacial score (nSPS) is 15.0. The minimum absolute atomic E-state index is 0.0305. The first-order valence-electron chi connectivity index (χ1n) is 9.22. The Morgan fingerprint density at radius 3 is 2.68 bits per heavy atom. The zero-order valence-corrected chi connectivity index (χ0v) is 16.2. The van der Waals surface area contributed by atoms with Crippen molar-refractivity contribution < 1.29 is 14.0 Å². The number of carbonyl (C=O) groups excluding carboxylic acids is 2. The molecular weight excluding hydrogens is 378 g/mol. The lowest BCUT2D eigenvalue weighted by Gasteiger charge is -2.32. The number of hydrogen-bond acceptors (Lipinski definition) is 4. The number of fused-ring (bicyclic) bond motifs is 1. The van der Waals surface area contributed by atoms with Gasteiger partial charge in [0, 0.05) is 42.5 Å². The Kier molecular flexibility index (Phi) is 5.05. The summed E-state index contributed by atoms with van der Waals surface area (Å²) in [6.45, 7) is 2.98. The maximum absolute atomic E-state index is 12.9. The lowest BCUT2D eigenvalue weighted by Crippen LogP contribution is -2.46. The van der Waals surface area contributed by atoms with Crippen molar-refractivity contribution >= 4 is 34.4 Å². The van der Waals surface area contributed by atoms with E-state index in [4.69, 9.17) is 16.0 Å². The fraction of sp³-hybridized carbons (Fsp3) is 0.286. The van der Waals surface area contributed by atoms with Crippen LogP contribution in [0.2, 0.25) is 5.02 Å². The molecule has 2 aromatic heterocycles. The summed E-state index contributed by atoms with van der Waals surface area (Å²) in [6, 6.07) is 8.99. The van der Waals surface area contributed by atoms with Crippen LogP contribution >= 0.6 is 11.6 Å². The second-order valence-corrected chi connectivity index (χ2v) is 7.36. The van der Waals surface area contributed by atoms with Gasteiger partial charge in [0.1, 0.15) is 0 Å². The molecule has 3 aromatic rings. The molecule has 1 N–H and O–H groups in total. The van der Waals surface area contributed by atoms with Crippen molar-refractivity contribution in [3.63, 3.8) is 0 Å². The van der Waals surface area contributed by atoms with E-state index in [9.17, 15) is 9.59 Å². The molecule has 0 aliphatic carbocycles. The van der Waals surface area contributed by atoms with Crippen molar-refractivity contribution in [1.29, 1.82) is 0 Å². The fourth-order valence-corrected chi connectivity index (χ4v) is 3.76. The molecule has 0 saturated carbocycles. The number of halogens is 1. The molecule has 0 bridgehead atoms. The summed E-state index contributed by atoms with van der Waals surface area (Å²) in [7, 11) is 0. The maximum atomic E-state index is 12.9. The Hall–Kier alpha value is -2.86.